The van der Waals surface area contributed by atoms with Gasteiger partial charge in [-0.3, -0.25) is 9.59 Å². The first-order valence-electron chi connectivity index (χ1n) is 14.4. The fourth-order valence-electron chi connectivity index (χ4n) is 5.49. The molecular weight excluding hydrogens is 444 g/mol. The molecule has 0 fully saturated rings. The monoisotopic (exact) mass is 496 g/mol. The lowest BCUT2D eigenvalue weighted by atomic mass is 9.79. The Morgan fingerprint density at radius 1 is 0.722 bits per heavy atom. The molecule has 3 nitrogen and oxygen atoms in total. The van der Waals surface area contributed by atoms with Gasteiger partial charge < -0.3 is 5.11 Å². The number of allylic oxidation sites excluding steroid dienone is 2. The van der Waals surface area contributed by atoms with Crippen LogP contribution in [0.3, 0.4) is 0 Å². The molecule has 1 aromatic rings. The van der Waals surface area contributed by atoms with E-state index in [1.165, 1.54) is 38.5 Å². The quantitative estimate of drug-likeness (QED) is 0.263. The van der Waals surface area contributed by atoms with E-state index in [0.717, 1.165) is 42.2 Å². The Hall–Kier alpha value is -1.74. The summed E-state index contributed by atoms with van der Waals surface area (Å²) in [6.07, 6.45) is 11.7. The third-order valence-corrected chi connectivity index (χ3v) is 8.39. The van der Waals surface area contributed by atoms with Gasteiger partial charge >= 0.3 is 0 Å². The van der Waals surface area contributed by atoms with Crippen LogP contribution in [0.4, 0.5) is 0 Å². The number of aryl methyl sites for hydroxylation is 2. The van der Waals surface area contributed by atoms with Crippen molar-refractivity contribution in [2.24, 2.45) is 17.8 Å². The van der Waals surface area contributed by atoms with E-state index in [1.54, 1.807) is 6.92 Å². The molecule has 3 heteroatoms. The molecule has 0 saturated heterocycles. The molecule has 1 aromatic carbocycles. The second kappa shape index (κ2) is 13.7. The molecule has 0 aliphatic heterocycles. The van der Waals surface area contributed by atoms with Crippen molar-refractivity contribution in [3.05, 3.63) is 45.5 Å². The van der Waals surface area contributed by atoms with Crippen LogP contribution in [0.15, 0.2) is 23.3 Å². The summed E-state index contributed by atoms with van der Waals surface area (Å²) in [5.41, 5.74) is 3.38. The van der Waals surface area contributed by atoms with E-state index in [4.69, 9.17) is 0 Å². The number of fused-ring (bicyclic) bond motifs is 1. The number of carbonyl (C=O) groups is 2. The van der Waals surface area contributed by atoms with Gasteiger partial charge in [0.1, 0.15) is 0 Å². The van der Waals surface area contributed by atoms with Crippen molar-refractivity contribution in [3.8, 4) is 0 Å². The summed E-state index contributed by atoms with van der Waals surface area (Å²) in [6, 6.07) is 3.69. The number of Topliss-reactive ketones (excluding diaryl/α,β-unsaturated/α-hetero) is 2. The lowest BCUT2D eigenvalue weighted by molar-refractivity contribution is 0.0384. The van der Waals surface area contributed by atoms with Crippen molar-refractivity contribution in [2.75, 3.05) is 0 Å². The van der Waals surface area contributed by atoms with Crippen molar-refractivity contribution in [1.29, 1.82) is 0 Å². The summed E-state index contributed by atoms with van der Waals surface area (Å²) in [7, 11) is 0. The van der Waals surface area contributed by atoms with Gasteiger partial charge in [0.25, 0.3) is 0 Å². The van der Waals surface area contributed by atoms with E-state index in [9.17, 15) is 14.7 Å². The predicted octanol–water partition coefficient (Wildman–Crippen LogP) is 8.97. The molecule has 3 atom stereocenters. The van der Waals surface area contributed by atoms with E-state index >= 15 is 0 Å². The maximum atomic E-state index is 13.2. The highest BCUT2D eigenvalue weighted by molar-refractivity contribution is 6.26. The van der Waals surface area contributed by atoms with Gasteiger partial charge in [-0.05, 0) is 88.0 Å². The number of benzene rings is 1. The third-order valence-electron chi connectivity index (χ3n) is 8.39. The van der Waals surface area contributed by atoms with Crippen LogP contribution in [0.5, 0.6) is 0 Å². The molecule has 2 rings (SSSR count). The minimum Gasteiger partial charge on any atom is -0.390 e. The maximum Gasteiger partial charge on any atom is 0.190 e. The van der Waals surface area contributed by atoms with Crippen LogP contribution in [0, 0.1) is 31.6 Å². The van der Waals surface area contributed by atoms with Crippen molar-refractivity contribution in [2.45, 2.75) is 132 Å². The van der Waals surface area contributed by atoms with Crippen molar-refractivity contribution >= 4 is 11.6 Å². The second-order valence-electron chi connectivity index (χ2n) is 12.6. The Morgan fingerprint density at radius 2 is 1.19 bits per heavy atom. The van der Waals surface area contributed by atoms with Gasteiger partial charge in [0.15, 0.2) is 11.6 Å². The van der Waals surface area contributed by atoms with E-state index in [1.807, 2.05) is 32.9 Å². The normalized spacial score (nSPS) is 17.4. The van der Waals surface area contributed by atoms with Gasteiger partial charge in [-0.1, -0.05) is 79.1 Å². The lowest BCUT2D eigenvalue weighted by Gasteiger charge is -2.26. The van der Waals surface area contributed by atoms with Gasteiger partial charge in [-0.2, -0.15) is 0 Å². The van der Waals surface area contributed by atoms with Crippen molar-refractivity contribution < 1.29 is 14.7 Å². The fourth-order valence-corrected chi connectivity index (χ4v) is 5.49. The molecule has 3 unspecified atom stereocenters. The summed E-state index contributed by atoms with van der Waals surface area (Å²) in [5, 5.41) is 11.0. The zero-order chi connectivity index (χ0) is 27.0. The Morgan fingerprint density at radius 3 is 1.72 bits per heavy atom. The van der Waals surface area contributed by atoms with Crippen molar-refractivity contribution in [1.82, 2.24) is 0 Å². The van der Waals surface area contributed by atoms with E-state index in [-0.39, 0.29) is 11.6 Å². The topological polar surface area (TPSA) is 54.4 Å². The first-order valence-corrected chi connectivity index (χ1v) is 14.4. The molecule has 202 valence electrons. The molecule has 0 bridgehead atoms. The van der Waals surface area contributed by atoms with Crippen LogP contribution in [-0.2, 0) is 0 Å². The van der Waals surface area contributed by atoms with Crippen LogP contribution in [0.2, 0.25) is 0 Å². The summed E-state index contributed by atoms with van der Waals surface area (Å²) in [4.78, 5) is 26.1. The van der Waals surface area contributed by atoms with Gasteiger partial charge in [0, 0.05) is 22.3 Å². The zero-order valence-electron chi connectivity index (χ0n) is 24.4. The molecule has 0 radical (unpaired) electrons. The summed E-state index contributed by atoms with van der Waals surface area (Å²) in [6.45, 7) is 16.9. The number of hydrogen-bond donors (Lipinski definition) is 1. The molecule has 0 spiro atoms. The number of rotatable bonds is 15. The second-order valence-corrected chi connectivity index (χ2v) is 12.6. The van der Waals surface area contributed by atoms with Gasteiger partial charge in [-0.25, -0.2) is 0 Å². The lowest BCUT2D eigenvalue weighted by Crippen LogP contribution is -2.27. The predicted molar refractivity (Wildman–Crippen MR) is 152 cm³/mol. The van der Waals surface area contributed by atoms with Gasteiger partial charge in [0.05, 0.1) is 5.60 Å². The van der Waals surface area contributed by atoms with Crippen LogP contribution in [-0.4, -0.2) is 22.3 Å². The molecule has 0 amide bonds. The highest BCUT2D eigenvalue weighted by Crippen LogP contribution is 2.33. The van der Waals surface area contributed by atoms with Crippen LogP contribution < -0.4 is 0 Å². The molecular formula is C33H52O3. The molecule has 0 heterocycles. The van der Waals surface area contributed by atoms with Crippen molar-refractivity contribution in [3.63, 3.8) is 0 Å². The Balaban J connectivity index is 1.77. The smallest absolute Gasteiger partial charge is 0.190 e. The fraction of sp³-hybridized carbons (Fsp3) is 0.697. The van der Waals surface area contributed by atoms with Crippen LogP contribution in [0.1, 0.15) is 144 Å². The minimum atomic E-state index is -0.829. The molecule has 1 aliphatic carbocycles. The number of hydrogen-bond acceptors (Lipinski definition) is 3. The maximum absolute atomic E-state index is 13.2. The van der Waals surface area contributed by atoms with E-state index in [0.29, 0.717) is 41.0 Å². The van der Waals surface area contributed by atoms with Gasteiger partial charge in [-0.15, -0.1) is 0 Å². The largest absolute Gasteiger partial charge is 0.390 e. The average molecular weight is 497 g/mol. The molecule has 36 heavy (non-hydrogen) atoms. The zero-order valence-corrected chi connectivity index (χ0v) is 24.4. The number of aliphatic hydroxyl groups is 1. The summed E-state index contributed by atoms with van der Waals surface area (Å²) in [5.74, 6) is 2.21. The highest BCUT2D eigenvalue weighted by Gasteiger charge is 2.31. The molecule has 0 aromatic heterocycles. The Labute approximate surface area is 221 Å². The molecule has 0 saturated carbocycles. The van der Waals surface area contributed by atoms with Crippen LogP contribution in [0.25, 0.3) is 0 Å². The van der Waals surface area contributed by atoms with Crippen LogP contribution >= 0.6 is 0 Å². The first kappa shape index (κ1) is 30.5. The van der Waals surface area contributed by atoms with E-state index < -0.39 is 5.60 Å². The number of carbonyl (C=O) groups excluding carboxylic acids is 2. The molecule has 1 N–H and O–H groups in total. The summed E-state index contributed by atoms with van der Waals surface area (Å²) >= 11 is 0. The number of ketones is 2. The summed E-state index contributed by atoms with van der Waals surface area (Å²) < 4.78 is 0. The standard InChI is InChI=1S/C33H52O3/c1-22(2)12-9-13-23(3)14-10-15-24(4)16-11-18-33(8,36)19-17-28-27(7)31(34)29-20-25(5)26(6)21-30(29)32(28)35/h20-24,36H,9-19H2,1-8H3. The first-order chi connectivity index (χ1) is 16.8. The Bertz CT molecular complexity index is 934. The highest BCUT2D eigenvalue weighted by atomic mass is 16.3. The minimum absolute atomic E-state index is 0.0481. The van der Waals surface area contributed by atoms with Gasteiger partial charge in [0.2, 0.25) is 0 Å². The average Bonchev–Trinajstić information content (AvgIpc) is 2.78. The third kappa shape index (κ3) is 8.98. The van der Waals surface area contributed by atoms with E-state index in [2.05, 4.69) is 27.7 Å². The Kier molecular flexibility index (Phi) is 11.6. The molecule has 1 aliphatic rings. The SMILES string of the molecule is CC1=C(CCC(C)(O)CCCC(C)CCCC(C)CCCC(C)C)C(=O)c2cc(C)c(C)cc2C1=O.